The van der Waals surface area contributed by atoms with E-state index in [0.29, 0.717) is 16.1 Å². The van der Waals surface area contributed by atoms with Crippen LogP contribution in [-0.4, -0.2) is 21.0 Å². The number of thiazole rings is 1. The lowest BCUT2D eigenvalue weighted by molar-refractivity contribution is -0.384. The van der Waals surface area contributed by atoms with Crippen LogP contribution < -0.4 is 0 Å². The Morgan fingerprint density at radius 1 is 1.27 bits per heavy atom. The van der Waals surface area contributed by atoms with Crippen LogP contribution in [0.1, 0.15) is 23.4 Å². The second-order valence-electron chi connectivity index (χ2n) is 5.52. The smallest absolute Gasteiger partial charge is 0.303 e. The van der Waals surface area contributed by atoms with Gasteiger partial charge in [0.25, 0.3) is 5.69 Å². The number of rotatable bonds is 6. The van der Waals surface area contributed by atoms with Gasteiger partial charge in [0.05, 0.1) is 15.1 Å². The summed E-state index contributed by atoms with van der Waals surface area (Å²) in [5, 5.41) is 20.8. The molecule has 1 N–H and O–H groups in total. The summed E-state index contributed by atoms with van der Waals surface area (Å²) in [5.41, 5.74) is 1.92. The van der Waals surface area contributed by atoms with Crippen molar-refractivity contribution in [2.45, 2.75) is 12.8 Å². The van der Waals surface area contributed by atoms with E-state index in [-0.39, 0.29) is 23.6 Å². The summed E-state index contributed by atoms with van der Waals surface area (Å²) in [6, 6.07) is 12.1. The number of fused-ring (bicyclic) bond motifs is 1. The standard InChI is InChI=1S/C18H13ClN2O4S/c19-13-7-5-11(10-15(13)21(24)25)9-12(6-8-17(22)23)18-20-14-3-1-2-4-16(14)26-18/h1-5,7,9-10H,6,8H2,(H,22,23)/b12-9+. The van der Waals surface area contributed by atoms with Gasteiger partial charge in [-0.15, -0.1) is 11.3 Å². The molecule has 0 aliphatic heterocycles. The lowest BCUT2D eigenvalue weighted by atomic mass is 10.1. The largest absolute Gasteiger partial charge is 0.481 e. The normalized spacial score (nSPS) is 11.7. The summed E-state index contributed by atoms with van der Waals surface area (Å²) >= 11 is 7.31. The maximum atomic E-state index is 11.1. The fraction of sp³-hybridized carbons (Fsp3) is 0.111. The van der Waals surface area contributed by atoms with Crippen LogP contribution in [0.4, 0.5) is 5.69 Å². The number of para-hydroxylation sites is 1. The second-order valence-corrected chi connectivity index (χ2v) is 6.96. The molecule has 0 unspecified atom stereocenters. The third kappa shape index (κ3) is 4.07. The van der Waals surface area contributed by atoms with Crippen LogP contribution in [0.5, 0.6) is 0 Å². The van der Waals surface area contributed by atoms with E-state index < -0.39 is 10.9 Å². The van der Waals surface area contributed by atoms with Gasteiger partial charge in [0.1, 0.15) is 10.0 Å². The lowest BCUT2D eigenvalue weighted by Gasteiger charge is -2.04. The van der Waals surface area contributed by atoms with Crippen molar-refractivity contribution in [2.75, 3.05) is 0 Å². The molecule has 8 heteroatoms. The fourth-order valence-electron chi connectivity index (χ4n) is 2.45. The van der Waals surface area contributed by atoms with Crippen molar-refractivity contribution in [2.24, 2.45) is 0 Å². The summed E-state index contributed by atoms with van der Waals surface area (Å²) in [7, 11) is 0. The number of hydrogen-bond acceptors (Lipinski definition) is 5. The molecule has 3 aromatic rings. The number of aliphatic carboxylic acids is 1. The first-order chi connectivity index (χ1) is 12.4. The molecule has 0 bridgehead atoms. The summed E-state index contributed by atoms with van der Waals surface area (Å²) in [6.07, 6.45) is 1.94. The number of nitrogens with zero attached hydrogens (tertiary/aromatic N) is 2. The van der Waals surface area contributed by atoms with Gasteiger partial charge in [-0.3, -0.25) is 14.9 Å². The Labute approximate surface area is 157 Å². The summed E-state index contributed by atoms with van der Waals surface area (Å²) in [6.45, 7) is 0. The van der Waals surface area contributed by atoms with E-state index >= 15 is 0 Å². The topological polar surface area (TPSA) is 93.3 Å². The SMILES string of the molecule is O=C(O)CC/C(=C\c1ccc(Cl)c([N+](=O)[O-])c1)c1nc2ccccc2s1. The van der Waals surface area contributed by atoms with Crippen LogP contribution >= 0.6 is 22.9 Å². The molecule has 0 saturated carbocycles. The first kappa shape index (κ1) is 18.0. The van der Waals surface area contributed by atoms with Gasteiger partial charge in [0.15, 0.2) is 0 Å². The van der Waals surface area contributed by atoms with E-state index in [9.17, 15) is 14.9 Å². The molecule has 6 nitrogen and oxygen atoms in total. The molecule has 0 amide bonds. The van der Waals surface area contributed by atoms with Crippen molar-refractivity contribution in [1.29, 1.82) is 0 Å². The van der Waals surface area contributed by atoms with E-state index in [1.807, 2.05) is 24.3 Å². The van der Waals surface area contributed by atoms with Crippen LogP contribution in [-0.2, 0) is 4.79 Å². The average molecular weight is 389 g/mol. The monoisotopic (exact) mass is 388 g/mol. The Bertz CT molecular complexity index is 996. The summed E-state index contributed by atoms with van der Waals surface area (Å²) in [4.78, 5) is 26.1. The minimum atomic E-state index is -0.918. The third-order valence-electron chi connectivity index (χ3n) is 3.68. The van der Waals surface area contributed by atoms with Crippen molar-refractivity contribution in [3.63, 3.8) is 0 Å². The van der Waals surface area contributed by atoms with Gasteiger partial charge in [-0.25, -0.2) is 4.98 Å². The van der Waals surface area contributed by atoms with Gasteiger partial charge in [-0.05, 0) is 41.8 Å². The van der Waals surface area contributed by atoms with Crippen molar-refractivity contribution in [1.82, 2.24) is 4.98 Å². The van der Waals surface area contributed by atoms with E-state index in [0.717, 1.165) is 10.2 Å². The zero-order valence-electron chi connectivity index (χ0n) is 13.4. The Balaban J connectivity index is 2.05. The molecule has 0 saturated heterocycles. The van der Waals surface area contributed by atoms with Crippen molar-refractivity contribution in [3.8, 4) is 0 Å². The number of halogens is 1. The molecule has 1 aromatic heterocycles. The van der Waals surface area contributed by atoms with Crippen LogP contribution in [0, 0.1) is 10.1 Å². The number of carboxylic acids is 1. The zero-order chi connectivity index (χ0) is 18.7. The van der Waals surface area contributed by atoms with E-state index in [1.165, 1.54) is 23.5 Å². The number of hydrogen-bond donors (Lipinski definition) is 1. The lowest BCUT2D eigenvalue weighted by Crippen LogP contribution is -1.96. The summed E-state index contributed by atoms with van der Waals surface area (Å²) < 4.78 is 0.991. The molecule has 0 atom stereocenters. The van der Waals surface area contributed by atoms with Gasteiger partial charge >= 0.3 is 5.97 Å². The van der Waals surface area contributed by atoms with E-state index in [1.54, 1.807) is 12.1 Å². The second kappa shape index (κ2) is 7.63. The van der Waals surface area contributed by atoms with Gasteiger partial charge in [0, 0.05) is 12.5 Å². The quantitative estimate of drug-likeness (QED) is 0.459. The molecular formula is C18H13ClN2O4S. The third-order valence-corrected chi connectivity index (χ3v) is 5.12. The number of benzene rings is 2. The number of nitro groups is 1. The van der Waals surface area contributed by atoms with Gasteiger partial charge < -0.3 is 5.11 Å². The maximum absolute atomic E-state index is 11.1. The maximum Gasteiger partial charge on any atom is 0.303 e. The molecule has 0 spiro atoms. The van der Waals surface area contributed by atoms with Crippen LogP contribution in [0.25, 0.3) is 21.9 Å². The Morgan fingerprint density at radius 3 is 2.73 bits per heavy atom. The number of aromatic nitrogens is 1. The highest BCUT2D eigenvalue weighted by molar-refractivity contribution is 7.19. The molecular weight excluding hydrogens is 376 g/mol. The van der Waals surface area contributed by atoms with Crippen molar-refractivity contribution in [3.05, 3.63) is 68.2 Å². The highest BCUT2D eigenvalue weighted by Crippen LogP contribution is 2.32. The Hall–Kier alpha value is -2.77. The summed E-state index contributed by atoms with van der Waals surface area (Å²) in [5.74, 6) is -0.918. The minimum absolute atomic E-state index is 0.0548. The van der Waals surface area contributed by atoms with Crippen LogP contribution in [0.2, 0.25) is 5.02 Å². The van der Waals surface area contributed by atoms with E-state index in [2.05, 4.69) is 4.98 Å². The number of carboxylic acid groups (broad SMARTS) is 1. The van der Waals surface area contributed by atoms with Crippen LogP contribution in [0.15, 0.2) is 42.5 Å². The highest BCUT2D eigenvalue weighted by Gasteiger charge is 2.14. The number of nitro benzene ring substituents is 1. The molecule has 0 radical (unpaired) electrons. The van der Waals surface area contributed by atoms with Crippen molar-refractivity contribution >= 4 is 56.5 Å². The van der Waals surface area contributed by atoms with E-state index in [4.69, 9.17) is 16.7 Å². The predicted octanol–water partition coefficient (Wildman–Crippen LogP) is 5.26. The number of carbonyl (C=O) groups is 1. The van der Waals surface area contributed by atoms with Gasteiger partial charge in [0.2, 0.25) is 0 Å². The zero-order valence-corrected chi connectivity index (χ0v) is 15.0. The molecule has 132 valence electrons. The minimum Gasteiger partial charge on any atom is -0.481 e. The van der Waals surface area contributed by atoms with Gasteiger partial charge in [-0.2, -0.15) is 0 Å². The number of allylic oxidation sites excluding steroid dienone is 1. The molecule has 0 fully saturated rings. The molecule has 26 heavy (non-hydrogen) atoms. The molecule has 0 aliphatic rings. The predicted molar refractivity (Wildman–Crippen MR) is 102 cm³/mol. The van der Waals surface area contributed by atoms with Gasteiger partial charge in [-0.1, -0.05) is 29.8 Å². The molecule has 0 aliphatic carbocycles. The highest BCUT2D eigenvalue weighted by atomic mass is 35.5. The first-order valence-corrected chi connectivity index (χ1v) is 8.86. The van der Waals surface area contributed by atoms with Crippen LogP contribution in [0.3, 0.4) is 0 Å². The molecule has 1 heterocycles. The van der Waals surface area contributed by atoms with Crippen molar-refractivity contribution < 1.29 is 14.8 Å². The Morgan fingerprint density at radius 2 is 2.04 bits per heavy atom. The molecule has 2 aromatic carbocycles. The average Bonchev–Trinajstić information content (AvgIpc) is 3.03. The fourth-order valence-corrected chi connectivity index (χ4v) is 3.65. The first-order valence-electron chi connectivity index (χ1n) is 7.66. The Kier molecular flexibility index (Phi) is 5.29. The molecule has 3 rings (SSSR count).